The Kier molecular flexibility index (Phi) is 3.56. The van der Waals surface area contributed by atoms with Crippen LogP contribution in [0.15, 0.2) is 6.33 Å². The lowest BCUT2D eigenvalue weighted by Crippen LogP contribution is -2.15. The number of rotatable bonds is 4. The fraction of sp³-hybridized carbons (Fsp3) is 0.500. The van der Waals surface area contributed by atoms with Gasteiger partial charge in [-0.15, -0.1) is 0 Å². The highest BCUT2D eigenvalue weighted by molar-refractivity contribution is 7.84. The molecule has 0 fully saturated rings. The number of carbonyl (C=O) groups excluding carboxylic acids is 1. The van der Waals surface area contributed by atoms with Crippen LogP contribution < -0.4 is 5.32 Å². The minimum absolute atomic E-state index is 0.216. The third kappa shape index (κ3) is 3.79. The van der Waals surface area contributed by atoms with Crippen LogP contribution in [0.3, 0.4) is 0 Å². The molecule has 7 heteroatoms. The van der Waals surface area contributed by atoms with Crippen molar-refractivity contribution in [2.24, 2.45) is 0 Å². The summed E-state index contributed by atoms with van der Waals surface area (Å²) in [5, 5.41) is 8.52. The van der Waals surface area contributed by atoms with Crippen LogP contribution in [-0.4, -0.2) is 37.3 Å². The van der Waals surface area contributed by atoms with Crippen molar-refractivity contribution in [1.29, 1.82) is 0 Å². The van der Waals surface area contributed by atoms with Gasteiger partial charge >= 0.3 is 0 Å². The Morgan fingerprint density at radius 1 is 1.77 bits per heavy atom. The normalized spacial score (nSPS) is 12.4. The van der Waals surface area contributed by atoms with Gasteiger partial charge in [0, 0.05) is 29.2 Å². The van der Waals surface area contributed by atoms with Gasteiger partial charge in [-0.1, -0.05) is 0 Å². The minimum Gasteiger partial charge on any atom is -0.295 e. The smallest absolute Gasteiger partial charge is 0.227 e. The van der Waals surface area contributed by atoms with Gasteiger partial charge in [0.05, 0.1) is 0 Å². The second-order valence-electron chi connectivity index (χ2n) is 2.41. The molecule has 0 aliphatic carbocycles. The van der Waals surface area contributed by atoms with Gasteiger partial charge in [-0.3, -0.25) is 14.3 Å². The Bertz CT molecular complexity index is 298. The van der Waals surface area contributed by atoms with Crippen molar-refractivity contribution in [3.63, 3.8) is 0 Å². The van der Waals surface area contributed by atoms with Gasteiger partial charge in [-0.05, 0) is 0 Å². The molecule has 1 atom stereocenters. The molecule has 72 valence electrons. The van der Waals surface area contributed by atoms with Gasteiger partial charge < -0.3 is 0 Å². The number of aromatic nitrogens is 3. The van der Waals surface area contributed by atoms with E-state index in [1.165, 1.54) is 6.33 Å². The molecule has 0 aliphatic heterocycles. The van der Waals surface area contributed by atoms with E-state index >= 15 is 0 Å². The predicted octanol–water partition coefficient (Wildman–Crippen LogP) is -0.488. The number of carbonyl (C=O) groups is 1. The van der Waals surface area contributed by atoms with Gasteiger partial charge in [0.2, 0.25) is 11.9 Å². The molecular weight excluding hydrogens is 192 g/mol. The largest absolute Gasteiger partial charge is 0.295 e. The maximum absolute atomic E-state index is 11.1. The van der Waals surface area contributed by atoms with Crippen molar-refractivity contribution in [1.82, 2.24) is 15.2 Å². The van der Waals surface area contributed by atoms with E-state index in [9.17, 15) is 9.00 Å². The maximum Gasteiger partial charge on any atom is 0.227 e. The number of nitrogens with one attached hydrogen (secondary N) is 2. The standard InChI is InChI=1S/C6H10N4O2S/c1-13(12)3-2-5(11)9-6-7-4-8-10-6/h4H,2-3H2,1H3,(H2,7,8,9,10,11). The minimum atomic E-state index is -0.942. The second kappa shape index (κ2) is 4.70. The summed E-state index contributed by atoms with van der Waals surface area (Å²) in [6.45, 7) is 0. The van der Waals surface area contributed by atoms with Crippen molar-refractivity contribution in [3.05, 3.63) is 6.33 Å². The number of hydrogen-bond donors (Lipinski definition) is 2. The summed E-state index contributed by atoms with van der Waals surface area (Å²) >= 11 is 0. The zero-order valence-electron chi connectivity index (χ0n) is 7.11. The summed E-state index contributed by atoms with van der Waals surface area (Å²) in [6, 6.07) is 0. The molecule has 1 rings (SSSR count). The van der Waals surface area contributed by atoms with Gasteiger partial charge in [-0.25, -0.2) is 5.10 Å². The summed E-state index contributed by atoms with van der Waals surface area (Å²) in [6.07, 6.45) is 3.08. The highest BCUT2D eigenvalue weighted by Crippen LogP contribution is 1.94. The summed E-state index contributed by atoms with van der Waals surface area (Å²) in [5.41, 5.74) is 0. The third-order valence-electron chi connectivity index (χ3n) is 1.29. The molecule has 1 heterocycles. The molecule has 0 bridgehead atoms. The van der Waals surface area contributed by atoms with Crippen molar-refractivity contribution in [2.45, 2.75) is 6.42 Å². The fourth-order valence-corrected chi connectivity index (χ4v) is 1.17. The molecule has 0 spiro atoms. The molecule has 0 aliphatic rings. The Labute approximate surface area is 77.6 Å². The first-order valence-corrected chi connectivity index (χ1v) is 5.36. The summed E-state index contributed by atoms with van der Waals surface area (Å²) in [5.74, 6) is 0.457. The SMILES string of the molecule is CS(=O)CCC(=O)Nc1ncn[nH]1. The van der Waals surface area contributed by atoms with Gasteiger partial charge in [-0.2, -0.15) is 10.1 Å². The molecular formula is C6H10N4O2S. The van der Waals surface area contributed by atoms with Crippen LogP contribution in [-0.2, 0) is 15.6 Å². The number of aromatic amines is 1. The van der Waals surface area contributed by atoms with Crippen molar-refractivity contribution in [3.8, 4) is 0 Å². The highest BCUT2D eigenvalue weighted by Gasteiger charge is 2.04. The van der Waals surface area contributed by atoms with Crippen LogP contribution in [0.4, 0.5) is 5.95 Å². The second-order valence-corrected chi connectivity index (χ2v) is 3.96. The van der Waals surface area contributed by atoms with E-state index < -0.39 is 10.8 Å². The van der Waals surface area contributed by atoms with E-state index in [0.29, 0.717) is 11.7 Å². The number of amides is 1. The molecule has 0 aromatic carbocycles. The molecule has 1 aromatic rings. The van der Waals surface area contributed by atoms with E-state index in [2.05, 4.69) is 20.5 Å². The van der Waals surface area contributed by atoms with E-state index in [1.807, 2.05) is 0 Å². The Hall–Kier alpha value is -1.24. The first kappa shape index (κ1) is 9.85. The Morgan fingerprint density at radius 3 is 3.08 bits per heavy atom. The molecule has 0 saturated carbocycles. The lowest BCUT2D eigenvalue weighted by atomic mass is 10.4. The van der Waals surface area contributed by atoms with Gasteiger partial charge in [0.1, 0.15) is 6.33 Å². The van der Waals surface area contributed by atoms with Crippen molar-refractivity contribution >= 4 is 22.7 Å². The van der Waals surface area contributed by atoms with Crippen molar-refractivity contribution in [2.75, 3.05) is 17.3 Å². The van der Waals surface area contributed by atoms with E-state index in [4.69, 9.17) is 0 Å². The molecule has 6 nitrogen and oxygen atoms in total. The lowest BCUT2D eigenvalue weighted by Gasteiger charge is -1.98. The van der Waals surface area contributed by atoms with E-state index in [-0.39, 0.29) is 12.3 Å². The zero-order valence-corrected chi connectivity index (χ0v) is 7.93. The number of anilines is 1. The number of nitrogens with zero attached hydrogens (tertiary/aromatic N) is 2. The molecule has 1 amide bonds. The Morgan fingerprint density at radius 2 is 2.54 bits per heavy atom. The molecule has 13 heavy (non-hydrogen) atoms. The van der Waals surface area contributed by atoms with Crippen LogP contribution in [0, 0.1) is 0 Å². The highest BCUT2D eigenvalue weighted by atomic mass is 32.2. The Balaban J connectivity index is 2.30. The van der Waals surface area contributed by atoms with Crippen LogP contribution in [0.2, 0.25) is 0 Å². The molecule has 0 saturated heterocycles. The third-order valence-corrected chi connectivity index (χ3v) is 2.07. The lowest BCUT2D eigenvalue weighted by molar-refractivity contribution is -0.115. The van der Waals surface area contributed by atoms with Crippen LogP contribution in [0.1, 0.15) is 6.42 Å². The summed E-state index contributed by atoms with van der Waals surface area (Å²) < 4.78 is 10.6. The average molecular weight is 202 g/mol. The predicted molar refractivity (Wildman–Crippen MR) is 48.6 cm³/mol. The quantitative estimate of drug-likeness (QED) is 0.689. The molecule has 2 N–H and O–H groups in total. The number of hydrogen-bond acceptors (Lipinski definition) is 4. The summed E-state index contributed by atoms with van der Waals surface area (Å²) in [7, 11) is -0.942. The van der Waals surface area contributed by atoms with Gasteiger partial charge in [0.15, 0.2) is 0 Å². The van der Waals surface area contributed by atoms with Crippen LogP contribution >= 0.6 is 0 Å². The van der Waals surface area contributed by atoms with Crippen LogP contribution in [0.25, 0.3) is 0 Å². The summed E-state index contributed by atoms with van der Waals surface area (Å²) in [4.78, 5) is 14.8. The fourth-order valence-electron chi connectivity index (χ4n) is 0.697. The molecule has 1 aromatic heterocycles. The van der Waals surface area contributed by atoms with Crippen molar-refractivity contribution < 1.29 is 9.00 Å². The first-order valence-electron chi connectivity index (χ1n) is 3.63. The molecule has 0 radical (unpaired) electrons. The van der Waals surface area contributed by atoms with Gasteiger partial charge in [0.25, 0.3) is 0 Å². The average Bonchev–Trinajstić information content (AvgIpc) is 2.53. The maximum atomic E-state index is 11.1. The van der Waals surface area contributed by atoms with E-state index in [1.54, 1.807) is 6.26 Å². The number of H-pyrrole nitrogens is 1. The van der Waals surface area contributed by atoms with E-state index in [0.717, 1.165) is 0 Å². The topological polar surface area (TPSA) is 87.7 Å². The molecule has 1 unspecified atom stereocenters. The zero-order chi connectivity index (χ0) is 9.68. The first-order chi connectivity index (χ1) is 6.18. The monoisotopic (exact) mass is 202 g/mol. The van der Waals surface area contributed by atoms with Crippen LogP contribution in [0.5, 0.6) is 0 Å².